The highest BCUT2D eigenvalue weighted by Gasteiger charge is 2.38. The van der Waals surface area contributed by atoms with E-state index in [9.17, 15) is 9.59 Å². The number of rotatable bonds is 8. The lowest BCUT2D eigenvalue weighted by Gasteiger charge is -2.47. The molecule has 1 amide bonds. The minimum absolute atomic E-state index is 0.106. The first-order valence-electron chi connectivity index (χ1n) is 10.3. The normalized spacial score (nSPS) is 24.5. The highest BCUT2D eigenvalue weighted by Crippen LogP contribution is 2.36. The molecule has 26 heavy (non-hydrogen) atoms. The largest absolute Gasteiger partial charge is 0.354 e. The second-order valence-electron chi connectivity index (χ2n) is 7.78. The summed E-state index contributed by atoms with van der Waals surface area (Å²) in [6.07, 6.45) is 10.5. The van der Waals surface area contributed by atoms with Crippen LogP contribution in [0.5, 0.6) is 0 Å². The molecule has 0 spiro atoms. The van der Waals surface area contributed by atoms with E-state index in [2.05, 4.69) is 22.3 Å². The van der Waals surface area contributed by atoms with E-state index < -0.39 is 0 Å². The molecular formula is C22H32N2O2. The number of likely N-dealkylation sites (tertiary alicyclic amines) is 1. The molecule has 1 saturated heterocycles. The molecule has 1 aliphatic heterocycles. The Balaban J connectivity index is 1.60. The van der Waals surface area contributed by atoms with Crippen LogP contribution in [-0.2, 0) is 16.0 Å². The van der Waals surface area contributed by atoms with Gasteiger partial charge < -0.3 is 10.1 Å². The van der Waals surface area contributed by atoms with Crippen LogP contribution in [0.2, 0.25) is 0 Å². The van der Waals surface area contributed by atoms with Crippen LogP contribution in [0.3, 0.4) is 0 Å². The van der Waals surface area contributed by atoms with Crippen LogP contribution in [0.15, 0.2) is 30.3 Å². The molecule has 1 N–H and O–H groups in total. The van der Waals surface area contributed by atoms with E-state index in [-0.39, 0.29) is 11.9 Å². The Bertz CT molecular complexity index is 573. The molecule has 1 saturated carbocycles. The van der Waals surface area contributed by atoms with Crippen molar-refractivity contribution in [3.8, 4) is 0 Å². The smallest absolute Gasteiger partial charge is 0.237 e. The third kappa shape index (κ3) is 4.94. The molecule has 1 aliphatic carbocycles. The summed E-state index contributed by atoms with van der Waals surface area (Å²) >= 11 is 0. The second-order valence-corrected chi connectivity index (χ2v) is 7.78. The number of carbonyl (C=O) groups excluding carboxylic acids is 2. The summed E-state index contributed by atoms with van der Waals surface area (Å²) in [5, 5.41) is 3.14. The van der Waals surface area contributed by atoms with Gasteiger partial charge in [-0.05, 0) is 56.6 Å². The van der Waals surface area contributed by atoms with E-state index in [1.54, 1.807) is 0 Å². The van der Waals surface area contributed by atoms with Gasteiger partial charge >= 0.3 is 0 Å². The van der Waals surface area contributed by atoms with Gasteiger partial charge in [-0.2, -0.15) is 0 Å². The lowest BCUT2D eigenvalue weighted by atomic mass is 9.77. The molecule has 2 aliphatic rings. The maximum absolute atomic E-state index is 12.9. The monoisotopic (exact) mass is 356 g/mol. The number of piperidine rings is 1. The van der Waals surface area contributed by atoms with E-state index in [1.807, 2.05) is 18.2 Å². The Morgan fingerprint density at radius 2 is 1.92 bits per heavy atom. The fraction of sp³-hybridized carbons (Fsp3) is 0.636. The van der Waals surface area contributed by atoms with Gasteiger partial charge in [-0.15, -0.1) is 0 Å². The van der Waals surface area contributed by atoms with Gasteiger partial charge in [0.1, 0.15) is 6.29 Å². The standard InChI is InChI=1S/C22H32N2O2/c25-17-7-13-21(22(26)23-15-14-18-8-2-1-3-9-18)24-16-6-11-19-10-4-5-12-20(19)24/h1-3,8-9,17,19-21H,4-7,10-16H2,(H,23,26). The summed E-state index contributed by atoms with van der Waals surface area (Å²) in [6.45, 7) is 1.65. The first-order chi connectivity index (χ1) is 12.8. The maximum atomic E-state index is 12.9. The molecule has 3 rings (SSSR count). The maximum Gasteiger partial charge on any atom is 0.237 e. The van der Waals surface area contributed by atoms with E-state index >= 15 is 0 Å². The Morgan fingerprint density at radius 1 is 1.15 bits per heavy atom. The fourth-order valence-electron chi connectivity index (χ4n) is 4.82. The van der Waals surface area contributed by atoms with Crippen LogP contribution >= 0.6 is 0 Å². The highest BCUT2D eigenvalue weighted by atomic mass is 16.2. The van der Waals surface area contributed by atoms with Gasteiger partial charge in [0.05, 0.1) is 6.04 Å². The van der Waals surface area contributed by atoms with Gasteiger partial charge in [0, 0.05) is 19.0 Å². The van der Waals surface area contributed by atoms with Gasteiger partial charge in [0.25, 0.3) is 0 Å². The minimum atomic E-state index is -0.151. The number of amides is 1. The Hall–Kier alpha value is -1.68. The van der Waals surface area contributed by atoms with E-state index in [1.165, 1.54) is 44.1 Å². The third-order valence-corrected chi connectivity index (χ3v) is 6.10. The van der Waals surface area contributed by atoms with Crippen molar-refractivity contribution in [1.29, 1.82) is 0 Å². The molecule has 1 aromatic carbocycles. The zero-order chi connectivity index (χ0) is 18.2. The molecule has 3 unspecified atom stereocenters. The van der Waals surface area contributed by atoms with Crippen LogP contribution in [0.25, 0.3) is 0 Å². The van der Waals surface area contributed by atoms with Crippen LogP contribution in [0.4, 0.5) is 0 Å². The van der Waals surface area contributed by atoms with E-state index in [0.29, 0.717) is 25.4 Å². The highest BCUT2D eigenvalue weighted by molar-refractivity contribution is 5.82. The molecule has 4 heteroatoms. The SMILES string of the molecule is O=CCCC(C(=O)NCCc1ccccc1)N1CCCC2CCCCC21. The lowest BCUT2D eigenvalue weighted by molar-refractivity contribution is -0.129. The zero-order valence-corrected chi connectivity index (χ0v) is 15.7. The molecule has 0 bridgehead atoms. The van der Waals surface area contributed by atoms with Gasteiger partial charge in [-0.3, -0.25) is 9.69 Å². The number of aldehydes is 1. The summed E-state index contributed by atoms with van der Waals surface area (Å²) in [4.78, 5) is 26.3. The first-order valence-corrected chi connectivity index (χ1v) is 10.3. The average Bonchev–Trinajstić information content (AvgIpc) is 2.69. The van der Waals surface area contributed by atoms with Gasteiger partial charge in [0.2, 0.25) is 5.91 Å². The van der Waals surface area contributed by atoms with Crippen molar-refractivity contribution in [1.82, 2.24) is 10.2 Å². The van der Waals surface area contributed by atoms with Crippen molar-refractivity contribution < 1.29 is 9.59 Å². The number of benzene rings is 1. The number of hydrogen-bond acceptors (Lipinski definition) is 3. The van der Waals surface area contributed by atoms with E-state index in [0.717, 1.165) is 25.2 Å². The van der Waals surface area contributed by atoms with Crippen molar-refractivity contribution in [2.45, 2.75) is 69.9 Å². The van der Waals surface area contributed by atoms with Gasteiger partial charge in [-0.1, -0.05) is 43.2 Å². The number of nitrogens with zero attached hydrogens (tertiary/aromatic N) is 1. The van der Waals surface area contributed by atoms with E-state index in [4.69, 9.17) is 0 Å². The first kappa shape index (κ1) is 19.1. The summed E-state index contributed by atoms with van der Waals surface area (Å²) in [5.41, 5.74) is 1.24. The van der Waals surface area contributed by atoms with Crippen LogP contribution in [0.1, 0.15) is 56.9 Å². The molecule has 1 heterocycles. The Labute approximate surface area is 157 Å². The fourth-order valence-corrected chi connectivity index (χ4v) is 4.82. The quantitative estimate of drug-likeness (QED) is 0.727. The van der Waals surface area contributed by atoms with Crippen molar-refractivity contribution in [3.05, 3.63) is 35.9 Å². The lowest BCUT2D eigenvalue weighted by Crippen LogP contribution is -2.56. The van der Waals surface area contributed by atoms with Crippen molar-refractivity contribution in [3.63, 3.8) is 0 Å². The zero-order valence-electron chi connectivity index (χ0n) is 15.7. The molecule has 1 aromatic rings. The summed E-state index contributed by atoms with van der Waals surface area (Å²) in [7, 11) is 0. The second kappa shape index (κ2) is 9.86. The van der Waals surface area contributed by atoms with Crippen LogP contribution < -0.4 is 5.32 Å². The summed E-state index contributed by atoms with van der Waals surface area (Å²) in [5.74, 6) is 0.849. The Morgan fingerprint density at radius 3 is 2.73 bits per heavy atom. The molecule has 142 valence electrons. The van der Waals surface area contributed by atoms with Gasteiger partial charge in [-0.25, -0.2) is 0 Å². The number of nitrogens with one attached hydrogen (secondary N) is 1. The molecule has 0 aromatic heterocycles. The molecule has 4 nitrogen and oxygen atoms in total. The summed E-state index contributed by atoms with van der Waals surface area (Å²) in [6, 6.07) is 10.6. The predicted molar refractivity (Wildman–Crippen MR) is 104 cm³/mol. The Kier molecular flexibility index (Phi) is 7.24. The number of carbonyl (C=O) groups is 2. The number of fused-ring (bicyclic) bond motifs is 1. The average molecular weight is 357 g/mol. The third-order valence-electron chi connectivity index (χ3n) is 6.10. The predicted octanol–water partition coefficient (Wildman–Crippen LogP) is 3.35. The molecule has 2 fully saturated rings. The number of hydrogen-bond donors (Lipinski definition) is 1. The minimum Gasteiger partial charge on any atom is -0.354 e. The van der Waals surface area contributed by atoms with Crippen LogP contribution in [-0.4, -0.2) is 42.3 Å². The molecule has 0 radical (unpaired) electrons. The topological polar surface area (TPSA) is 49.4 Å². The van der Waals surface area contributed by atoms with Crippen LogP contribution in [0, 0.1) is 5.92 Å². The summed E-state index contributed by atoms with van der Waals surface area (Å²) < 4.78 is 0. The van der Waals surface area contributed by atoms with Gasteiger partial charge in [0.15, 0.2) is 0 Å². The molecular weight excluding hydrogens is 324 g/mol. The van der Waals surface area contributed by atoms with Crippen molar-refractivity contribution >= 4 is 12.2 Å². The van der Waals surface area contributed by atoms with Crippen molar-refractivity contribution in [2.75, 3.05) is 13.1 Å². The molecule has 3 atom stereocenters. The van der Waals surface area contributed by atoms with Crippen molar-refractivity contribution in [2.24, 2.45) is 5.92 Å².